The average Bonchev–Trinajstić information content (AvgIpc) is 3.34. The Morgan fingerprint density at radius 3 is 2.38 bits per heavy atom. The van der Waals surface area contributed by atoms with Gasteiger partial charge in [0.15, 0.2) is 5.58 Å². The van der Waals surface area contributed by atoms with Crippen LogP contribution in [0.1, 0.15) is 41.6 Å². The van der Waals surface area contributed by atoms with Crippen molar-refractivity contribution in [2.45, 2.75) is 38.8 Å². The summed E-state index contributed by atoms with van der Waals surface area (Å²) in [7, 11) is 4.07. The lowest BCUT2D eigenvalue weighted by molar-refractivity contribution is 0.172. The zero-order valence-electron chi connectivity index (χ0n) is 22.5. The molecule has 1 fully saturated rings. The molecule has 0 unspecified atom stereocenters. The molecule has 0 saturated carbocycles. The zero-order chi connectivity index (χ0) is 25.6. The minimum absolute atomic E-state index is 0. The maximum atomic E-state index is 9.06. The number of fused-ring (bicyclic) bond motifs is 1. The quantitative estimate of drug-likeness (QED) is 0.212. The van der Waals surface area contributed by atoms with Gasteiger partial charge in [-0.2, -0.15) is 5.26 Å². The second kappa shape index (κ2) is 14.3. The number of nitrogens with zero attached hydrogens (tertiary/aromatic N) is 4. The van der Waals surface area contributed by atoms with E-state index in [4.69, 9.17) is 14.5 Å². The standard InChI is InChI=1S/C31H34N4O2.2ClH/c1-34(2)22-28-30(36-26-11-8-24(20-32)9-12-26)15-13-27-29(33-37-31(27)28)14-10-23-16-18-35(19-17-23)21-25-6-4-3-5-7-25;;/h3-9,11-13,15,23H,10,14,16-19,21-22H2,1-2H3;2*1H. The first-order valence-corrected chi connectivity index (χ1v) is 13.1. The zero-order valence-corrected chi connectivity index (χ0v) is 24.1. The smallest absolute Gasteiger partial charge is 0.175 e. The molecule has 0 atom stereocenters. The second-order valence-electron chi connectivity index (χ2n) is 10.3. The van der Waals surface area contributed by atoms with Gasteiger partial charge in [0.2, 0.25) is 0 Å². The number of piperidine rings is 1. The molecule has 1 aliphatic rings. The molecule has 4 aromatic rings. The van der Waals surface area contributed by atoms with Gasteiger partial charge in [-0.1, -0.05) is 35.5 Å². The summed E-state index contributed by atoms with van der Waals surface area (Å²) < 4.78 is 12.1. The van der Waals surface area contributed by atoms with Gasteiger partial charge < -0.3 is 14.2 Å². The number of nitriles is 1. The van der Waals surface area contributed by atoms with E-state index in [1.165, 1.54) is 18.4 Å². The number of benzene rings is 3. The van der Waals surface area contributed by atoms with E-state index in [0.29, 0.717) is 17.9 Å². The molecule has 5 rings (SSSR count). The Hall–Kier alpha value is -3.08. The highest BCUT2D eigenvalue weighted by atomic mass is 35.5. The Bertz CT molecular complexity index is 1360. The molecule has 39 heavy (non-hydrogen) atoms. The molecule has 6 nitrogen and oxygen atoms in total. The molecule has 2 heterocycles. The maximum Gasteiger partial charge on any atom is 0.175 e. The minimum atomic E-state index is 0. The normalized spacial score (nSPS) is 14.0. The molecule has 8 heteroatoms. The van der Waals surface area contributed by atoms with Crippen LogP contribution in [0.4, 0.5) is 0 Å². The number of aromatic nitrogens is 1. The van der Waals surface area contributed by atoms with Crippen LogP contribution in [0.3, 0.4) is 0 Å². The van der Waals surface area contributed by atoms with Crippen LogP contribution in [0.2, 0.25) is 0 Å². The first-order valence-electron chi connectivity index (χ1n) is 13.1. The number of ether oxygens (including phenoxy) is 1. The summed E-state index contributed by atoms with van der Waals surface area (Å²) >= 11 is 0. The van der Waals surface area contributed by atoms with Crippen molar-refractivity contribution in [2.75, 3.05) is 27.2 Å². The fourth-order valence-corrected chi connectivity index (χ4v) is 5.17. The van der Waals surface area contributed by atoms with Gasteiger partial charge in [-0.05, 0) is 101 Å². The predicted octanol–water partition coefficient (Wildman–Crippen LogP) is 7.24. The van der Waals surface area contributed by atoms with Crippen molar-refractivity contribution in [3.8, 4) is 17.6 Å². The van der Waals surface area contributed by atoms with Gasteiger partial charge in [0.1, 0.15) is 11.5 Å². The highest BCUT2D eigenvalue weighted by molar-refractivity contribution is 5.86. The lowest BCUT2D eigenvalue weighted by atomic mass is 9.91. The lowest BCUT2D eigenvalue weighted by Gasteiger charge is -2.31. The van der Waals surface area contributed by atoms with Gasteiger partial charge in [0.25, 0.3) is 0 Å². The Morgan fingerprint density at radius 2 is 1.72 bits per heavy atom. The summed E-state index contributed by atoms with van der Waals surface area (Å²) in [4.78, 5) is 4.67. The second-order valence-corrected chi connectivity index (χ2v) is 10.3. The third-order valence-corrected chi connectivity index (χ3v) is 7.21. The van der Waals surface area contributed by atoms with E-state index in [9.17, 15) is 0 Å². The number of rotatable bonds is 9. The third kappa shape index (κ3) is 7.74. The van der Waals surface area contributed by atoms with Gasteiger partial charge >= 0.3 is 0 Å². The molecule has 0 spiro atoms. The summed E-state index contributed by atoms with van der Waals surface area (Å²) in [5.41, 5.74) is 4.82. The van der Waals surface area contributed by atoms with Crippen molar-refractivity contribution >= 4 is 35.8 Å². The Morgan fingerprint density at radius 1 is 1.00 bits per heavy atom. The van der Waals surface area contributed by atoms with Crippen LogP contribution in [-0.2, 0) is 19.5 Å². The van der Waals surface area contributed by atoms with Gasteiger partial charge in [-0.3, -0.25) is 4.90 Å². The van der Waals surface area contributed by atoms with Crippen LogP contribution in [0.15, 0.2) is 71.3 Å². The molecule has 0 bridgehead atoms. The fraction of sp³-hybridized carbons (Fsp3) is 0.355. The van der Waals surface area contributed by atoms with E-state index in [-0.39, 0.29) is 24.8 Å². The number of aryl methyl sites for hydroxylation is 1. The molecule has 0 amide bonds. The highest BCUT2D eigenvalue weighted by Gasteiger charge is 2.22. The van der Waals surface area contributed by atoms with Crippen molar-refractivity contribution in [2.24, 2.45) is 5.92 Å². The van der Waals surface area contributed by atoms with Crippen LogP contribution in [0, 0.1) is 17.2 Å². The Labute approximate surface area is 243 Å². The van der Waals surface area contributed by atoms with E-state index in [0.717, 1.165) is 66.4 Å². The number of likely N-dealkylation sites (tertiary alicyclic amines) is 1. The molecular weight excluding hydrogens is 531 g/mol. The molecule has 3 aromatic carbocycles. The maximum absolute atomic E-state index is 9.06. The van der Waals surface area contributed by atoms with Crippen molar-refractivity contribution < 1.29 is 9.26 Å². The number of halogens is 2. The number of hydrogen-bond acceptors (Lipinski definition) is 6. The third-order valence-electron chi connectivity index (χ3n) is 7.21. The molecular formula is C31H36Cl2N4O2. The summed E-state index contributed by atoms with van der Waals surface area (Å²) in [5.74, 6) is 2.16. The molecule has 1 saturated heterocycles. The van der Waals surface area contributed by atoms with E-state index >= 15 is 0 Å². The Kier molecular flexibility index (Phi) is 11.2. The molecule has 0 N–H and O–H groups in total. The van der Waals surface area contributed by atoms with Crippen molar-refractivity contribution in [3.63, 3.8) is 0 Å². The summed E-state index contributed by atoms with van der Waals surface area (Å²) in [6.45, 7) is 4.03. The molecule has 1 aromatic heterocycles. The first-order chi connectivity index (χ1) is 18.1. The molecule has 0 radical (unpaired) electrons. The predicted molar refractivity (Wildman–Crippen MR) is 160 cm³/mol. The first kappa shape index (κ1) is 30.5. The average molecular weight is 568 g/mol. The van der Waals surface area contributed by atoms with E-state index in [1.807, 2.05) is 32.3 Å². The lowest BCUT2D eigenvalue weighted by Crippen LogP contribution is -2.33. The van der Waals surface area contributed by atoms with Gasteiger partial charge in [0.05, 0.1) is 22.9 Å². The molecule has 1 aliphatic heterocycles. The topological polar surface area (TPSA) is 65.5 Å². The fourth-order valence-electron chi connectivity index (χ4n) is 5.17. The number of hydrogen-bond donors (Lipinski definition) is 0. The van der Waals surface area contributed by atoms with Crippen molar-refractivity contribution in [1.82, 2.24) is 15.0 Å². The van der Waals surface area contributed by atoms with Crippen LogP contribution >= 0.6 is 24.8 Å². The SMILES string of the molecule is CN(C)Cc1c(Oc2ccc(C#N)cc2)ccc2c(CCC3CCN(Cc4ccccc4)CC3)noc12.Cl.Cl. The van der Waals surface area contributed by atoms with E-state index < -0.39 is 0 Å². The van der Waals surface area contributed by atoms with Crippen molar-refractivity contribution in [3.05, 3.63) is 89.1 Å². The van der Waals surface area contributed by atoms with Crippen LogP contribution in [-0.4, -0.2) is 42.1 Å². The molecule has 0 aliphatic carbocycles. The summed E-state index contributed by atoms with van der Waals surface area (Å²) in [6.07, 6.45) is 4.52. The summed E-state index contributed by atoms with van der Waals surface area (Å²) in [6, 6.07) is 24.1. The van der Waals surface area contributed by atoms with Gasteiger partial charge in [-0.25, -0.2) is 0 Å². The van der Waals surface area contributed by atoms with Crippen LogP contribution < -0.4 is 4.74 Å². The van der Waals surface area contributed by atoms with Gasteiger partial charge in [0, 0.05) is 18.5 Å². The van der Waals surface area contributed by atoms with Crippen molar-refractivity contribution in [1.29, 1.82) is 5.26 Å². The highest BCUT2D eigenvalue weighted by Crippen LogP contribution is 2.35. The van der Waals surface area contributed by atoms with E-state index in [2.05, 4.69) is 57.4 Å². The summed E-state index contributed by atoms with van der Waals surface area (Å²) in [5, 5.41) is 14.6. The Balaban J connectivity index is 0.00000210. The van der Waals surface area contributed by atoms with Crippen LogP contribution in [0.5, 0.6) is 11.5 Å². The largest absolute Gasteiger partial charge is 0.457 e. The van der Waals surface area contributed by atoms with E-state index in [1.54, 1.807) is 12.1 Å². The van der Waals surface area contributed by atoms with Gasteiger partial charge in [-0.15, -0.1) is 24.8 Å². The molecule has 206 valence electrons. The minimum Gasteiger partial charge on any atom is -0.457 e. The van der Waals surface area contributed by atoms with Crippen LogP contribution in [0.25, 0.3) is 11.0 Å². The monoisotopic (exact) mass is 566 g/mol.